The largest absolute Gasteiger partial charge is 0.409 e. The molecule has 4 nitrogen and oxygen atoms in total. The van der Waals surface area contributed by atoms with Gasteiger partial charge in [-0.3, -0.25) is 4.98 Å². The second-order valence-electron chi connectivity index (χ2n) is 4.85. The first-order valence-corrected chi connectivity index (χ1v) is 6.80. The molecule has 0 saturated carbocycles. The molecule has 0 atom stereocenters. The molecule has 100 valence electrons. The normalized spacial score (nSPS) is 13.8. The molecule has 0 bridgehead atoms. The first kappa shape index (κ1) is 11.7. The van der Waals surface area contributed by atoms with Crippen molar-refractivity contribution in [3.05, 3.63) is 40.1 Å². The molecular weight excluding hydrogens is 277 g/mol. The van der Waals surface area contributed by atoms with Gasteiger partial charge in [-0.1, -0.05) is 0 Å². The lowest BCUT2D eigenvalue weighted by atomic mass is 10.0. The van der Waals surface area contributed by atoms with Crippen LogP contribution < -0.4 is 0 Å². The van der Waals surface area contributed by atoms with Gasteiger partial charge in [0, 0.05) is 11.1 Å². The molecule has 0 aliphatic heterocycles. The molecule has 0 radical (unpaired) electrons. The Morgan fingerprint density at radius 1 is 1.30 bits per heavy atom. The SMILES string of the molecule is Fc1ccc2nc3c(c(-c4n[nH]c(=S)o4)c2c1)CCC3. The molecular formula is C14H10FN3OS. The van der Waals surface area contributed by atoms with Gasteiger partial charge in [0.1, 0.15) is 5.82 Å². The average Bonchev–Trinajstić information content (AvgIpc) is 3.04. The molecule has 1 aliphatic rings. The molecule has 2 aromatic heterocycles. The fraction of sp³-hybridized carbons (Fsp3) is 0.214. The van der Waals surface area contributed by atoms with Gasteiger partial charge in [-0.15, -0.1) is 5.10 Å². The van der Waals surface area contributed by atoms with Crippen LogP contribution in [0, 0.1) is 10.7 Å². The summed E-state index contributed by atoms with van der Waals surface area (Å²) >= 11 is 4.93. The maximum Gasteiger partial charge on any atom is 0.284 e. The van der Waals surface area contributed by atoms with E-state index in [-0.39, 0.29) is 10.7 Å². The second-order valence-corrected chi connectivity index (χ2v) is 5.22. The number of aryl methyl sites for hydroxylation is 1. The Bertz CT molecular complexity index is 884. The van der Waals surface area contributed by atoms with Crippen molar-refractivity contribution < 1.29 is 8.81 Å². The van der Waals surface area contributed by atoms with E-state index in [0.29, 0.717) is 5.89 Å². The minimum Gasteiger partial charge on any atom is -0.409 e. The molecule has 20 heavy (non-hydrogen) atoms. The summed E-state index contributed by atoms with van der Waals surface area (Å²) in [6, 6.07) is 4.58. The van der Waals surface area contributed by atoms with Gasteiger partial charge in [0.05, 0.1) is 11.1 Å². The van der Waals surface area contributed by atoms with Crippen molar-refractivity contribution in [3.63, 3.8) is 0 Å². The highest BCUT2D eigenvalue weighted by atomic mass is 32.1. The first-order valence-electron chi connectivity index (χ1n) is 6.39. The van der Waals surface area contributed by atoms with Gasteiger partial charge < -0.3 is 4.42 Å². The lowest BCUT2D eigenvalue weighted by molar-refractivity contribution is 0.552. The molecule has 0 spiro atoms. The third-order valence-electron chi connectivity index (χ3n) is 3.63. The van der Waals surface area contributed by atoms with E-state index >= 15 is 0 Å². The van der Waals surface area contributed by atoms with Crippen molar-refractivity contribution in [3.8, 4) is 11.5 Å². The van der Waals surface area contributed by atoms with E-state index in [1.54, 1.807) is 6.07 Å². The number of fused-ring (bicyclic) bond motifs is 2. The van der Waals surface area contributed by atoms with E-state index in [2.05, 4.69) is 15.2 Å². The van der Waals surface area contributed by atoms with Gasteiger partial charge in [0.15, 0.2) is 0 Å². The van der Waals surface area contributed by atoms with Gasteiger partial charge in [0.25, 0.3) is 4.84 Å². The molecule has 1 aromatic carbocycles. The molecule has 0 amide bonds. The maximum atomic E-state index is 13.6. The minimum atomic E-state index is -0.298. The number of aromatic amines is 1. The summed E-state index contributed by atoms with van der Waals surface area (Å²) in [5.41, 5.74) is 3.71. The van der Waals surface area contributed by atoms with Crippen molar-refractivity contribution >= 4 is 23.1 Å². The van der Waals surface area contributed by atoms with Crippen LogP contribution in [0.5, 0.6) is 0 Å². The van der Waals surface area contributed by atoms with Crippen LogP contribution in [-0.2, 0) is 12.8 Å². The van der Waals surface area contributed by atoms with E-state index in [9.17, 15) is 4.39 Å². The van der Waals surface area contributed by atoms with Gasteiger partial charge in [-0.25, -0.2) is 9.49 Å². The molecule has 0 fully saturated rings. The predicted octanol–water partition coefficient (Wildman–Crippen LogP) is 3.58. The lowest BCUT2D eigenvalue weighted by Crippen LogP contribution is -1.96. The molecule has 1 N–H and O–H groups in total. The first-order chi connectivity index (χ1) is 9.72. The Balaban J connectivity index is 2.15. The summed E-state index contributed by atoms with van der Waals surface area (Å²) in [5, 5.41) is 7.44. The van der Waals surface area contributed by atoms with E-state index < -0.39 is 0 Å². The Morgan fingerprint density at radius 3 is 3.00 bits per heavy atom. The van der Waals surface area contributed by atoms with E-state index in [0.717, 1.165) is 47.0 Å². The highest BCUT2D eigenvalue weighted by Crippen LogP contribution is 2.36. The number of hydrogen-bond acceptors (Lipinski definition) is 4. The van der Waals surface area contributed by atoms with Crippen LogP contribution in [0.25, 0.3) is 22.4 Å². The highest BCUT2D eigenvalue weighted by molar-refractivity contribution is 7.71. The van der Waals surface area contributed by atoms with Crippen LogP contribution in [0.15, 0.2) is 22.6 Å². The Labute approximate surface area is 118 Å². The highest BCUT2D eigenvalue weighted by Gasteiger charge is 2.23. The second kappa shape index (κ2) is 4.21. The van der Waals surface area contributed by atoms with Gasteiger partial charge in [-0.2, -0.15) is 0 Å². The summed E-state index contributed by atoms with van der Waals surface area (Å²) < 4.78 is 19.0. The third-order valence-corrected chi connectivity index (χ3v) is 3.80. The lowest BCUT2D eigenvalue weighted by Gasteiger charge is -2.09. The van der Waals surface area contributed by atoms with Crippen molar-refractivity contribution in [2.24, 2.45) is 0 Å². The van der Waals surface area contributed by atoms with Crippen LogP contribution in [0.2, 0.25) is 0 Å². The number of hydrogen-bond donors (Lipinski definition) is 1. The zero-order chi connectivity index (χ0) is 13.7. The summed E-state index contributed by atoms with van der Waals surface area (Å²) in [4.78, 5) is 4.83. The number of benzene rings is 1. The van der Waals surface area contributed by atoms with E-state index in [1.807, 2.05) is 0 Å². The zero-order valence-corrected chi connectivity index (χ0v) is 11.3. The number of pyridine rings is 1. The maximum absolute atomic E-state index is 13.6. The quantitative estimate of drug-likeness (QED) is 0.695. The number of H-pyrrole nitrogens is 1. The standard InChI is InChI=1S/C14H10FN3OS/c15-7-4-5-11-9(6-7)12(13-17-18-14(20)19-13)8-2-1-3-10(8)16-11/h4-6H,1-3H2,(H,18,20). The van der Waals surface area contributed by atoms with Crippen molar-refractivity contribution in [2.45, 2.75) is 19.3 Å². The predicted molar refractivity (Wildman–Crippen MR) is 74.4 cm³/mol. The van der Waals surface area contributed by atoms with E-state index in [1.165, 1.54) is 12.1 Å². The molecule has 1 aliphatic carbocycles. The molecule has 0 saturated heterocycles. The summed E-state index contributed by atoms with van der Waals surface area (Å²) in [6.07, 6.45) is 2.87. The average molecular weight is 287 g/mol. The number of halogens is 1. The Kier molecular flexibility index (Phi) is 2.47. The molecule has 0 unspecified atom stereocenters. The third kappa shape index (κ3) is 1.68. The van der Waals surface area contributed by atoms with Crippen LogP contribution in [0.3, 0.4) is 0 Å². The summed E-state index contributed by atoms with van der Waals surface area (Å²) in [7, 11) is 0. The smallest absolute Gasteiger partial charge is 0.284 e. The van der Waals surface area contributed by atoms with Crippen LogP contribution in [0.1, 0.15) is 17.7 Å². The molecule has 3 aromatic rings. The Hall–Kier alpha value is -2.08. The van der Waals surface area contributed by atoms with Crippen LogP contribution >= 0.6 is 12.2 Å². The van der Waals surface area contributed by atoms with E-state index in [4.69, 9.17) is 16.6 Å². The fourth-order valence-corrected chi connectivity index (χ4v) is 2.94. The molecule has 2 heterocycles. The van der Waals surface area contributed by atoms with Gasteiger partial charge in [0.2, 0.25) is 5.89 Å². The topological polar surface area (TPSA) is 54.7 Å². The summed E-state index contributed by atoms with van der Waals surface area (Å²) in [5.74, 6) is 0.110. The van der Waals surface area contributed by atoms with Crippen molar-refractivity contribution in [2.75, 3.05) is 0 Å². The van der Waals surface area contributed by atoms with Gasteiger partial charge >= 0.3 is 0 Å². The fourth-order valence-electron chi connectivity index (χ4n) is 2.82. The van der Waals surface area contributed by atoms with Gasteiger partial charge in [-0.05, 0) is 55.2 Å². The zero-order valence-electron chi connectivity index (χ0n) is 10.4. The van der Waals surface area contributed by atoms with Crippen LogP contribution in [-0.4, -0.2) is 15.2 Å². The number of rotatable bonds is 1. The van der Waals surface area contributed by atoms with Crippen molar-refractivity contribution in [1.29, 1.82) is 0 Å². The number of nitrogens with zero attached hydrogens (tertiary/aromatic N) is 2. The summed E-state index contributed by atoms with van der Waals surface area (Å²) in [6.45, 7) is 0. The molecule has 6 heteroatoms. The number of nitrogens with one attached hydrogen (secondary N) is 1. The van der Waals surface area contributed by atoms with Crippen LogP contribution in [0.4, 0.5) is 4.39 Å². The minimum absolute atomic E-state index is 0.216. The Morgan fingerprint density at radius 2 is 2.20 bits per heavy atom. The molecule has 4 rings (SSSR count). The number of aromatic nitrogens is 3. The van der Waals surface area contributed by atoms with Crippen molar-refractivity contribution in [1.82, 2.24) is 15.2 Å². The monoisotopic (exact) mass is 287 g/mol.